The Balaban J connectivity index is 4.83. The number of carbonyl (C=O) groups excluding carboxylic acids is 3. The number of amides is 3. The highest BCUT2D eigenvalue weighted by Crippen LogP contribution is 2.22. The van der Waals surface area contributed by atoms with Gasteiger partial charge in [-0.25, -0.2) is 0 Å². The zero-order valence-electron chi connectivity index (χ0n) is 27.2. The first-order valence-corrected chi connectivity index (χ1v) is 17.0. The van der Waals surface area contributed by atoms with Gasteiger partial charge in [0.05, 0.1) is 85.6 Å². The number of nitrogens with one attached hydrogen (secondary N) is 3. The monoisotopic (exact) mass is 840 g/mol. The van der Waals surface area contributed by atoms with Crippen LogP contribution in [0.25, 0.3) is 0 Å². The average molecular weight is 843 g/mol. The second kappa shape index (κ2) is 22.7. The lowest BCUT2D eigenvalue weighted by molar-refractivity contribution is -0.124. The maximum atomic E-state index is 12.7. The lowest BCUT2D eigenvalue weighted by Gasteiger charge is -2.36. The first-order chi connectivity index (χ1) is 20.9. The predicted molar refractivity (Wildman–Crippen MR) is 181 cm³/mol. The van der Waals surface area contributed by atoms with Crippen LogP contribution in [0.1, 0.15) is 41.5 Å². The van der Waals surface area contributed by atoms with Crippen molar-refractivity contribution in [2.75, 3.05) is 92.3 Å². The van der Waals surface area contributed by atoms with Crippen molar-refractivity contribution < 1.29 is 43.2 Å². The summed E-state index contributed by atoms with van der Waals surface area (Å²) >= 11 is 10.1. The zero-order chi connectivity index (χ0) is 34.6. The summed E-state index contributed by atoms with van der Waals surface area (Å²) in [4.78, 5) is 48.5. The van der Waals surface area contributed by atoms with Gasteiger partial charge < -0.3 is 44.7 Å². The fraction of sp³-hybridized carbons (Fsp3) is 0.893. The number of halogens is 3. The van der Waals surface area contributed by atoms with E-state index in [0.29, 0.717) is 33.0 Å². The molecule has 0 radical (unpaired) electrons. The zero-order valence-corrected chi connectivity index (χ0v) is 31.9. The molecular formula is C28H51Br3N4O10. The van der Waals surface area contributed by atoms with E-state index in [0.717, 1.165) is 0 Å². The molecule has 264 valence electrons. The minimum atomic E-state index is -0.879. The van der Waals surface area contributed by atoms with E-state index in [4.69, 9.17) is 28.8 Å². The number of carbonyl (C=O) groups is 3. The summed E-state index contributed by atoms with van der Waals surface area (Å²) < 4.78 is 25.1. The lowest BCUT2D eigenvalue weighted by atomic mass is 9.87. The Hall–Kier alpha value is -0.790. The summed E-state index contributed by atoms with van der Waals surface area (Å²) in [6, 6.07) is -0.764. The smallest absolute Gasteiger partial charge is 0.236 e. The molecule has 0 heterocycles. The number of aliphatic hydroxyl groups excluding tert-OH is 1. The van der Waals surface area contributed by atoms with Gasteiger partial charge in [0, 0.05) is 25.0 Å². The molecule has 0 aliphatic carbocycles. The van der Waals surface area contributed by atoms with Gasteiger partial charge in [-0.3, -0.25) is 14.4 Å². The molecule has 0 aliphatic heterocycles. The molecular weight excluding hydrogens is 792 g/mol. The maximum absolute atomic E-state index is 12.7. The van der Waals surface area contributed by atoms with Crippen molar-refractivity contribution in [1.29, 1.82) is 0 Å². The molecule has 0 aromatic heterocycles. The van der Waals surface area contributed by atoms with Crippen molar-refractivity contribution in [3.63, 3.8) is 0 Å². The van der Waals surface area contributed by atoms with Crippen molar-refractivity contribution in [1.82, 2.24) is 16.0 Å². The van der Waals surface area contributed by atoms with E-state index in [2.05, 4.69) is 68.9 Å². The summed E-state index contributed by atoms with van der Waals surface area (Å²) in [6.07, 6.45) is 0. The third-order valence-corrected chi connectivity index (χ3v) is 7.14. The standard InChI is InChI=1S/C28H51Br3N4O10/c1-25(2,29)22(37)32-17-28(18-33-23(38)26(3,4)30,19-34-24(39)27(5,6)31)20-45-14-12-43-10-8-41-7-9-42-11-13-44-16-21(15-36)35-40/h21,36H,7-20H2,1-6H3,(H,32,37)(H,33,38)(H,34,39). The van der Waals surface area contributed by atoms with Crippen molar-refractivity contribution in [2.24, 2.45) is 10.6 Å². The SMILES string of the molecule is CC(C)(Br)C(=O)NCC(CNC(=O)C(C)(C)Br)(CNC(=O)C(C)(C)Br)COCCOCCOCCOCCOCC(CO)N=O. The third-order valence-electron chi connectivity index (χ3n) is 6.06. The summed E-state index contributed by atoms with van der Waals surface area (Å²) in [5, 5.41) is 20.3. The minimum Gasteiger partial charge on any atom is -0.394 e. The van der Waals surface area contributed by atoms with Crippen molar-refractivity contribution >= 4 is 65.5 Å². The van der Waals surface area contributed by atoms with Crippen LogP contribution in [0.15, 0.2) is 5.18 Å². The van der Waals surface area contributed by atoms with Gasteiger partial charge >= 0.3 is 0 Å². The van der Waals surface area contributed by atoms with Crippen LogP contribution < -0.4 is 16.0 Å². The highest BCUT2D eigenvalue weighted by molar-refractivity contribution is 9.10. The molecule has 0 saturated heterocycles. The van der Waals surface area contributed by atoms with Crippen LogP contribution in [0, 0.1) is 10.3 Å². The molecule has 3 amide bonds. The van der Waals surface area contributed by atoms with Gasteiger partial charge in [-0.15, -0.1) is 0 Å². The number of alkyl halides is 3. The number of rotatable bonds is 27. The Morgan fingerprint density at radius 3 is 1.22 bits per heavy atom. The Morgan fingerprint density at radius 2 is 0.933 bits per heavy atom. The second-order valence-corrected chi connectivity index (χ2v) is 17.8. The topological polar surface area (TPSA) is 183 Å². The van der Waals surface area contributed by atoms with Crippen LogP contribution in [0.3, 0.4) is 0 Å². The number of nitroso groups, excluding NO2 is 1. The van der Waals surface area contributed by atoms with Crippen LogP contribution in [-0.2, 0) is 38.1 Å². The summed E-state index contributed by atoms with van der Waals surface area (Å²) in [6.45, 7) is 13.0. The van der Waals surface area contributed by atoms with E-state index in [1.54, 1.807) is 41.5 Å². The van der Waals surface area contributed by atoms with E-state index in [9.17, 15) is 19.3 Å². The van der Waals surface area contributed by atoms with Gasteiger partial charge in [0.15, 0.2) is 0 Å². The van der Waals surface area contributed by atoms with E-state index in [1.165, 1.54) is 0 Å². The first-order valence-electron chi connectivity index (χ1n) is 14.6. The van der Waals surface area contributed by atoms with Crippen molar-refractivity contribution in [3.05, 3.63) is 4.91 Å². The van der Waals surface area contributed by atoms with E-state index >= 15 is 0 Å². The van der Waals surface area contributed by atoms with Gasteiger partial charge in [-0.2, -0.15) is 4.91 Å². The lowest BCUT2D eigenvalue weighted by Crippen LogP contribution is -2.57. The molecule has 0 bridgehead atoms. The summed E-state index contributed by atoms with van der Waals surface area (Å²) in [5.74, 6) is -0.760. The Labute approximate surface area is 291 Å². The number of nitrogens with zero attached hydrogens (tertiary/aromatic N) is 1. The van der Waals surface area contributed by atoms with E-state index in [-0.39, 0.29) is 77.0 Å². The van der Waals surface area contributed by atoms with Gasteiger partial charge in [-0.1, -0.05) is 53.0 Å². The average Bonchev–Trinajstić information content (AvgIpc) is 2.95. The van der Waals surface area contributed by atoms with Crippen molar-refractivity contribution in [2.45, 2.75) is 60.6 Å². The molecule has 1 unspecified atom stereocenters. The van der Waals surface area contributed by atoms with Crippen LogP contribution in [0.5, 0.6) is 0 Å². The highest BCUT2D eigenvalue weighted by Gasteiger charge is 2.37. The molecule has 0 fully saturated rings. The van der Waals surface area contributed by atoms with Crippen LogP contribution in [-0.4, -0.2) is 134 Å². The minimum absolute atomic E-state index is 0.0477. The maximum Gasteiger partial charge on any atom is 0.236 e. The number of aliphatic hydroxyl groups is 1. The van der Waals surface area contributed by atoms with E-state index in [1.807, 2.05) is 0 Å². The molecule has 17 heteroatoms. The molecule has 0 aromatic carbocycles. The van der Waals surface area contributed by atoms with Gasteiger partial charge in [0.25, 0.3) is 0 Å². The Morgan fingerprint density at radius 1 is 0.622 bits per heavy atom. The highest BCUT2D eigenvalue weighted by atomic mass is 79.9. The molecule has 45 heavy (non-hydrogen) atoms. The van der Waals surface area contributed by atoms with Crippen molar-refractivity contribution in [3.8, 4) is 0 Å². The van der Waals surface area contributed by atoms with Crippen LogP contribution >= 0.6 is 47.8 Å². The van der Waals surface area contributed by atoms with Gasteiger partial charge in [0.1, 0.15) is 6.04 Å². The Kier molecular flexibility index (Phi) is 22.3. The molecule has 0 spiro atoms. The van der Waals surface area contributed by atoms with Gasteiger partial charge in [0.2, 0.25) is 17.7 Å². The first kappa shape index (κ1) is 44.2. The molecule has 4 N–H and O–H groups in total. The number of hydrogen-bond donors (Lipinski definition) is 4. The second-order valence-electron chi connectivity index (χ2n) is 11.9. The molecule has 0 aromatic rings. The molecule has 0 aliphatic rings. The molecule has 0 rings (SSSR count). The number of ether oxygens (including phenoxy) is 5. The molecule has 0 saturated carbocycles. The normalized spacial score (nSPS) is 13.3. The summed E-state index contributed by atoms with van der Waals surface area (Å²) in [5.41, 5.74) is -0.879. The fourth-order valence-corrected chi connectivity index (χ4v) is 3.60. The van der Waals surface area contributed by atoms with Crippen LogP contribution in [0.4, 0.5) is 0 Å². The Bertz CT molecular complexity index is 806. The molecule has 14 nitrogen and oxygen atoms in total. The molecule has 1 atom stereocenters. The predicted octanol–water partition coefficient (Wildman–Crippen LogP) is 2.05. The quantitative estimate of drug-likeness (QED) is 0.0543. The van der Waals surface area contributed by atoms with Gasteiger partial charge in [-0.05, 0) is 41.5 Å². The van der Waals surface area contributed by atoms with Crippen LogP contribution in [0.2, 0.25) is 0 Å². The fourth-order valence-electron chi connectivity index (χ4n) is 3.18. The number of hydrogen-bond acceptors (Lipinski definition) is 11. The largest absolute Gasteiger partial charge is 0.394 e. The summed E-state index contributed by atoms with van der Waals surface area (Å²) in [7, 11) is 0. The third kappa shape index (κ3) is 21.7. The van der Waals surface area contributed by atoms with E-state index < -0.39 is 24.4 Å².